The van der Waals surface area contributed by atoms with E-state index in [0.29, 0.717) is 12.8 Å². The largest absolute Gasteiger partial charge is 0.321 e. The van der Waals surface area contributed by atoms with Gasteiger partial charge in [0, 0.05) is 11.1 Å². The lowest BCUT2D eigenvalue weighted by molar-refractivity contribution is 0.559. The second-order valence-corrected chi connectivity index (χ2v) is 3.75. The minimum absolute atomic E-state index is 0.120. The summed E-state index contributed by atoms with van der Waals surface area (Å²) in [6, 6.07) is 2.07. The molecular weight excluding hydrogens is 196 g/mol. The van der Waals surface area contributed by atoms with Gasteiger partial charge in [0.2, 0.25) is 0 Å². The van der Waals surface area contributed by atoms with Crippen molar-refractivity contribution in [3.8, 4) is 0 Å². The van der Waals surface area contributed by atoms with Gasteiger partial charge in [-0.1, -0.05) is 11.6 Å². The molecule has 0 radical (unpaired) electrons. The molecule has 0 saturated heterocycles. The fraction of sp³-hybridized carbons (Fsp3) is 0.333. The fourth-order valence-corrected chi connectivity index (χ4v) is 1.71. The predicted molar refractivity (Wildman–Crippen MR) is 46.5 cm³/mol. The van der Waals surface area contributed by atoms with Gasteiger partial charge in [0.25, 0.3) is 0 Å². The van der Waals surface area contributed by atoms with Crippen molar-refractivity contribution in [1.29, 1.82) is 0 Å². The molecule has 1 aromatic rings. The van der Waals surface area contributed by atoms with Crippen LogP contribution in [0.3, 0.4) is 0 Å². The van der Waals surface area contributed by atoms with Crippen LogP contribution in [0.25, 0.3) is 0 Å². The highest BCUT2D eigenvalue weighted by Gasteiger charge is 2.44. The molecule has 1 aliphatic rings. The lowest BCUT2D eigenvalue weighted by Crippen LogP contribution is -2.21. The van der Waals surface area contributed by atoms with Crippen LogP contribution in [0, 0.1) is 11.6 Å². The van der Waals surface area contributed by atoms with E-state index >= 15 is 0 Å². The summed E-state index contributed by atoms with van der Waals surface area (Å²) >= 11 is 5.63. The average molecular weight is 204 g/mol. The first-order valence-electron chi connectivity index (χ1n) is 3.97. The zero-order chi connectivity index (χ0) is 9.64. The average Bonchev–Trinajstić information content (AvgIpc) is 2.78. The van der Waals surface area contributed by atoms with Crippen molar-refractivity contribution >= 4 is 11.6 Å². The van der Waals surface area contributed by atoms with Crippen molar-refractivity contribution < 1.29 is 8.78 Å². The smallest absolute Gasteiger partial charge is 0.142 e. The molecule has 0 spiro atoms. The maximum absolute atomic E-state index is 13.2. The summed E-state index contributed by atoms with van der Waals surface area (Å²) < 4.78 is 26.2. The van der Waals surface area contributed by atoms with Crippen LogP contribution in [0.2, 0.25) is 5.02 Å². The lowest BCUT2D eigenvalue weighted by atomic mass is 10.1. The van der Waals surface area contributed by atoms with Gasteiger partial charge in [0.05, 0.1) is 5.02 Å². The second-order valence-electron chi connectivity index (χ2n) is 3.37. The van der Waals surface area contributed by atoms with E-state index in [4.69, 9.17) is 17.3 Å². The van der Waals surface area contributed by atoms with E-state index in [9.17, 15) is 8.78 Å². The molecule has 1 aliphatic carbocycles. The summed E-state index contributed by atoms with van der Waals surface area (Å²) in [5.41, 5.74) is 5.13. The zero-order valence-corrected chi connectivity index (χ0v) is 7.54. The Balaban J connectivity index is 2.61. The first-order chi connectivity index (χ1) is 6.04. The molecule has 13 heavy (non-hydrogen) atoms. The molecule has 0 aromatic heterocycles. The normalized spacial score (nSPS) is 18.8. The Morgan fingerprint density at radius 1 is 1.23 bits per heavy atom. The van der Waals surface area contributed by atoms with Crippen LogP contribution >= 0.6 is 11.6 Å². The molecule has 0 atom stereocenters. The van der Waals surface area contributed by atoms with Gasteiger partial charge < -0.3 is 5.73 Å². The molecule has 2 N–H and O–H groups in total. The van der Waals surface area contributed by atoms with Crippen LogP contribution in [0.5, 0.6) is 0 Å². The standard InChI is InChI=1S/C9H8ClF2N/c10-8-6(12)2-1-5(11)7(8)9(13)3-4-9/h1-2H,3-4,13H2. The van der Waals surface area contributed by atoms with Gasteiger partial charge in [0.15, 0.2) is 0 Å². The number of rotatable bonds is 1. The van der Waals surface area contributed by atoms with Gasteiger partial charge >= 0.3 is 0 Å². The van der Waals surface area contributed by atoms with Crippen molar-refractivity contribution in [3.05, 3.63) is 34.4 Å². The molecule has 1 fully saturated rings. The predicted octanol–water partition coefficient (Wildman–Crippen LogP) is 2.57. The lowest BCUT2D eigenvalue weighted by Gasteiger charge is -2.12. The Morgan fingerprint density at radius 2 is 1.77 bits per heavy atom. The molecule has 0 heterocycles. The summed E-state index contributed by atoms with van der Waals surface area (Å²) in [5, 5.41) is -0.181. The van der Waals surface area contributed by atoms with Crippen LogP contribution in [0.15, 0.2) is 12.1 Å². The minimum Gasteiger partial charge on any atom is -0.321 e. The molecule has 0 unspecified atom stereocenters. The third kappa shape index (κ3) is 1.32. The van der Waals surface area contributed by atoms with Gasteiger partial charge in [-0.2, -0.15) is 0 Å². The molecule has 0 aliphatic heterocycles. The molecule has 0 bridgehead atoms. The minimum atomic E-state index is -0.733. The molecule has 0 amide bonds. The molecule has 70 valence electrons. The highest BCUT2D eigenvalue weighted by molar-refractivity contribution is 6.31. The van der Waals surface area contributed by atoms with Crippen LogP contribution in [0.4, 0.5) is 8.78 Å². The van der Waals surface area contributed by atoms with Gasteiger partial charge in [0.1, 0.15) is 11.6 Å². The van der Waals surface area contributed by atoms with Crippen LogP contribution < -0.4 is 5.73 Å². The number of halogens is 3. The monoisotopic (exact) mass is 203 g/mol. The topological polar surface area (TPSA) is 26.0 Å². The van der Waals surface area contributed by atoms with Crippen molar-refractivity contribution in [1.82, 2.24) is 0 Å². The Labute approximate surface area is 79.5 Å². The van der Waals surface area contributed by atoms with Crippen molar-refractivity contribution in [2.75, 3.05) is 0 Å². The van der Waals surface area contributed by atoms with Crippen molar-refractivity contribution in [3.63, 3.8) is 0 Å². The molecule has 1 nitrogen and oxygen atoms in total. The summed E-state index contributed by atoms with van der Waals surface area (Å²) in [7, 11) is 0. The number of hydrogen-bond acceptors (Lipinski definition) is 1. The second kappa shape index (κ2) is 2.66. The maximum atomic E-state index is 13.2. The van der Waals surface area contributed by atoms with E-state index in [-0.39, 0.29) is 10.6 Å². The van der Waals surface area contributed by atoms with E-state index in [2.05, 4.69) is 0 Å². The molecular formula is C9H8ClF2N. The van der Waals surface area contributed by atoms with E-state index < -0.39 is 17.2 Å². The molecule has 2 rings (SSSR count). The SMILES string of the molecule is NC1(c2c(F)ccc(F)c2Cl)CC1. The van der Waals surface area contributed by atoms with Crippen LogP contribution in [-0.4, -0.2) is 0 Å². The van der Waals surface area contributed by atoms with Crippen molar-refractivity contribution in [2.45, 2.75) is 18.4 Å². The van der Waals surface area contributed by atoms with E-state index in [1.807, 2.05) is 0 Å². The van der Waals surface area contributed by atoms with E-state index in [1.165, 1.54) is 0 Å². The Morgan fingerprint density at radius 3 is 2.31 bits per heavy atom. The first-order valence-corrected chi connectivity index (χ1v) is 4.35. The molecule has 1 saturated carbocycles. The fourth-order valence-electron chi connectivity index (χ4n) is 1.37. The quantitative estimate of drug-likeness (QED) is 0.698. The first kappa shape index (κ1) is 8.91. The third-order valence-corrected chi connectivity index (χ3v) is 2.70. The van der Waals surface area contributed by atoms with E-state index in [0.717, 1.165) is 12.1 Å². The zero-order valence-electron chi connectivity index (χ0n) is 6.78. The van der Waals surface area contributed by atoms with Crippen LogP contribution in [-0.2, 0) is 5.54 Å². The number of nitrogens with two attached hydrogens (primary N) is 1. The molecule has 4 heteroatoms. The maximum Gasteiger partial charge on any atom is 0.142 e. The van der Waals surface area contributed by atoms with E-state index in [1.54, 1.807) is 0 Å². The van der Waals surface area contributed by atoms with Gasteiger partial charge in [-0.25, -0.2) is 8.78 Å². The highest BCUT2D eigenvalue weighted by Crippen LogP contribution is 2.47. The summed E-state index contributed by atoms with van der Waals surface area (Å²) in [6.07, 6.45) is 1.32. The van der Waals surface area contributed by atoms with Crippen LogP contribution in [0.1, 0.15) is 18.4 Å². The highest BCUT2D eigenvalue weighted by atomic mass is 35.5. The van der Waals surface area contributed by atoms with Crippen molar-refractivity contribution in [2.24, 2.45) is 5.73 Å². The number of hydrogen-bond donors (Lipinski definition) is 1. The summed E-state index contributed by atoms with van der Waals surface area (Å²) in [4.78, 5) is 0. The Bertz CT molecular complexity index is 361. The van der Waals surface area contributed by atoms with Gasteiger partial charge in [-0.15, -0.1) is 0 Å². The third-order valence-electron chi connectivity index (χ3n) is 2.33. The van der Waals surface area contributed by atoms with Gasteiger partial charge in [-0.05, 0) is 25.0 Å². The molecule has 1 aromatic carbocycles. The Hall–Kier alpha value is -0.670. The Kier molecular flexibility index (Phi) is 1.82. The summed E-state index contributed by atoms with van der Waals surface area (Å²) in [6.45, 7) is 0. The summed E-state index contributed by atoms with van der Waals surface area (Å²) in [5.74, 6) is -1.14. The number of benzene rings is 1. The van der Waals surface area contributed by atoms with Gasteiger partial charge in [-0.3, -0.25) is 0 Å².